The number of hydrogen-bond donors (Lipinski definition) is 1. The van der Waals surface area contributed by atoms with Gasteiger partial charge in [-0.25, -0.2) is 0 Å². The molecule has 26 heavy (non-hydrogen) atoms. The first-order valence-corrected chi connectivity index (χ1v) is 8.27. The van der Waals surface area contributed by atoms with Gasteiger partial charge in [-0.15, -0.1) is 0 Å². The van der Waals surface area contributed by atoms with Crippen LogP contribution >= 0.6 is 0 Å². The number of carbonyl (C=O) groups excluding carboxylic acids is 1. The minimum atomic E-state index is -0.300. The number of carbonyl (C=O) groups is 1. The van der Waals surface area contributed by atoms with Crippen molar-refractivity contribution in [1.82, 2.24) is 4.98 Å². The molecule has 1 heterocycles. The Labute approximate surface area is 151 Å². The number of phenolic OH excluding ortho intramolecular Hbond substituents is 1. The van der Waals surface area contributed by atoms with Crippen molar-refractivity contribution in [3.63, 3.8) is 0 Å². The fourth-order valence-corrected chi connectivity index (χ4v) is 2.97. The van der Waals surface area contributed by atoms with E-state index in [2.05, 4.69) is 4.98 Å². The summed E-state index contributed by atoms with van der Waals surface area (Å²) in [6.45, 7) is 0. The molecule has 1 amide bonds. The maximum absolute atomic E-state index is 13.4. The Morgan fingerprint density at radius 1 is 0.769 bits per heavy atom. The second kappa shape index (κ2) is 6.69. The summed E-state index contributed by atoms with van der Waals surface area (Å²) in [5.74, 6) is -0.358. The number of nitrogens with zero attached hydrogens (tertiary/aromatic N) is 2. The molecule has 0 radical (unpaired) electrons. The van der Waals surface area contributed by atoms with Crippen LogP contribution in [0.4, 0.5) is 11.4 Å². The summed E-state index contributed by atoms with van der Waals surface area (Å²) in [6, 6.07) is 25.6. The fourth-order valence-electron chi connectivity index (χ4n) is 2.97. The highest BCUT2D eigenvalue weighted by molar-refractivity contribution is 6.14. The van der Waals surface area contributed by atoms with Gasteiger partial charge in [0.1, 0.15) is 5.75 Å². The largest absolute Gasteiger partial charge is 0.506 e. The Kier molecular flexibility index (Phi) is 4.07. The molecule has 4 heteroatoms. The van der Waals surface area contributed by atoms with E-state index in [1.54, 1.807) is 35.4 Å². The zero-order valence-electron chi connectivity index (χ0n) is 13.9. The molecule has 3 aromatic carbocycles. The standard InChI is InChI=1S/C22H16N2O2/c25-21-18-12-7-15-23-20(18)14-13-19(21)22(26)24(16-8-3-1-4-9-16)17-10-5-2-6-11-17/h1-15,25H. The van der Waals surface area contributed by atoms with Gasteiger partial charge in [-0.1, -0.05) is 36.4 Å². The zero-order chi connectivity index (χ0) is 17.9. The van der Waals surface area contributed by atoms with Gasteiger partial charge in [-0.3, -0.25) is 14.7 Å². The predicted octanol–water partition coefficient (Wildman–Crippen LogP) is 4.92. The molecule has 0 fully saturated rings. The Balaban J connectivity index is 1.87. The van der Waals surface area contributed by atoms with Crippen molar-refractivity contribution in [1.29, 1.82) is 0 Å². The highest BCUT2D eigenvalue weighted by Crippen LogP contribution is 2.33. The lowest BCUT2D eigenvalue weighted by Gasteiger charge is -2.23. The SMILES string of the molecule is O=C(c1ccc2ncccc2c1O)N(c1ccccc1)c1ccccc1. The van der Waals surface area contributed by atoms with Gasteiger partial charge in [0.05, 0.1) is 11.1 Å². The summed E-state index contributed by atoms with van der Waals surface area (Å²) < 4.78 is 0. The Morgan fingerprint density at radius 3 is 2.00 bits per heavy atom. The van der Waals surface area contributed by atoms with Crippen LogP contribution in [-0.2, 0) is 0 Å². The number of phenols is 1. The first-order valence-electron chi connectivity index (χ1n) is 8.27. The van der Waals surface area contributed by atoms with Crippen molar-refractivity contribution < 1.29 is 9.90 Å². The van der Waals surface area contributed by atoms with Crippen LogP contribution in [-0.4, -0.2) is 16.0 Å². The van der Waals surface area contributed by atoms with E-state index in [0.717, 1.165) is 11.4 Å². The van der Waals surface area contributed by atoms with E-state index in [4.69, 9.17) is 0 Å². The number of fused-ring (bicyclic) bond motifs is 1. The van der Waals surface area contributed by atoms with E-state index < -0.39 is 0 Å². The van der Waals surface area contributed by atoms with Gasteiger partial charge in [0.2, 0.25) is 0 Å². The molecule has 1 N–H and O–H groups in total. The molecule has 0 bridgehead atoms. The summed E-state index contributed by atoms with van der Waals surface area (Å²) in [6.07, 6.45) is 1.66. The van der Waals surface area contributed by atoms with Gasteiger partial charge in [-0.2, -0.15) is 0 Å². The fraction of sp³-hybridized carbons (Fsp3) is 0. The third kappa shape index (κ3) is 2.78. The molecule has 0 aliphatic rings. The quantitative estimate of drug-likeness (QED) is 0.576. The van der Waals surface area contributed by atoms with Crippen molar-refractivity contribution in [2.45, 2.75) is 0 Å². The average molecular weight is 340 g/mol. The lowest BCUT2D eigenvalue weighted by molar-refractivity contribution is 0.0997. The molecule has 4 aromatic rings. The first-order chi connectivity index (χ1) is 12.8. The van der Waals surface area contributed by atoms with Crippen molar-refractivity contribution >= 4 is 28.2 Å². The lowest BCUT2D eigenvalue weighted by atomic mass is 10.1. The molecule has 0 atom stereocenters. The molecule has 0 aliphatic heterocycles. The number of rotatable bonds is 3. The first kappa shape index (κ1) is 15.8. The van der Waals surface area contributed by atoms with Crippen LogP contribution in [0.1, 0.15) is 10.4 Å². The van der Waals surface area contributed by atoms with E-state index in [1.165, 1.54) is 0 Å². The van der Waals surface area contributed by atoms with E-state index >= 15 is 0 Å². The van der Waals surface area contributed by atoms with E-state index in [-0.39, 0.29) is 17.2 Å². The summed E-state index contributed by atoms with van der Waals surface area (Å²) >= 11 is 0. The van der Waals surface area contributed by atoms with Gasteiger partial charge < -0.3 is 5.11 Å². The molecule has 0 saturated heterocycles. The summed E-state index contributed by atoms with van der Waals surface area (Å²) in [5.41, 5.74) is 2.34. The third-order valence-electron chi connectivity index (χ3n) is 4.22. The predicted molar refractivity (Wildman–Crippen MR) is 103 cm³/mol. The van der Waals surface area contributed by atoms with E-state index in [9.17, 15) is 9.90 Å². The third-order valence-corrected chi connectivity index (χ3v) is 4.22. The van der Waals surface area contributed by atoms with Crippen LogP contribution in [0, 0.1) is 0 Å². The molecular weight excluding hydrogens is 324 g/mol. The Morgan fingerprint density at radius 2 is 1.38 bits per heavy atom. The smallest absolute Gasteiger partial charge is 0.266 e. The highest BCUT2D eigenvalue weighted by atomic mass is 16.3. The normalized spacial score (nSPS) is 10.6. The van der Waals surface area contributed by atoms with Crippen LogP contribution in [0.15, 0.2) is 91.1 Å². The average Bonchev–Trinajstić information content (AvgIpc) is 2.70. The maximum atomic E-state index is 13.4. The molecule has 4 rings (SSSR count). The Hall–Kier alpha value is -3.66. The molecule has 1 aromatic heterocycles. The minimum Gasteiger partial charge on any atom is -0.506 e. The molecule has 0 aliphatic carbocycles. The number of aromatic hydroxyl groups is 1. The van der Waals surface area contributed by atoms with Crippen molar-refractivity contribution in [3.8, 4) is 5.75 Å². The van der Waals surface area contributed by atoms with Gasteiger partial charge in [0, 0.05) is 23.0 Å². The van der Waals surface area contributed by atoms with Gasteiger partial charge in [0.15, 0.2) is 0 Å². The number of aromatic nitrogens is 1. The van der Waals surface area contributed by atoms with Gasteiger partial charge in [0.25, 0.3) is 5.91 Å². The number of hydrogen-bond acceptors (Lipinski definition) is 3. The monoisotopic (exact) mass is 340 g/mol. The van der Waals surface area contributed by atoms with Crippen LogP contribution in [0.5, 0.6) is 5.75 Å². The van der Waals surface area contributed by atoms with E-state index in [0.29, 0.717) is 10.9 Å². The van der Waals surface area contributed by atoms with Crippen molar-refractivity contribution in [2.75, 3.05) is 4.90 Å². The van der Waals surface area contributed by atoms with Crippen molar-refractivity contribution in [3.05, 3.63) is 96.7 Å². The van der Waals surface area contributed by atoms with Crippen LogP contribution in [0.2, 0.25) is 0 Å². The maximum Gasteiger partial charge on any atom is 0.266 e. The van der Waals surface area contributed by atoms with Gasteiger partial charge in [-0.05, 0) is 48.5 Å². The molecule has 4 nitrogen and oxygen atoms in total. The lowest BCUT2D eigenvalue weighted by Crippen LogP contribution is -2.26. The highest BCUT2D eigenvalue weighted by Gasteiger charge is 2.23. The van der Waals surface area contributed by atoms with Crippen LogP contribution in [0.3, 0.4) is 0 Å². The van der Waals surface area contributed by atoms with E-state index in [1.807, 2.05) is 60.7 Å². The summed E-state index contributed by atoms with van der Waals surface area (Å²) in [4.78, 5) is 19.2. The molecule has 0 saturated carbocycles. The number of amides is 1. The minimum absolute atomic E-state index is 0.0579. The second-order valence-electron chi connectivity index (χ2n) is 5.84. The van der Waals surface area contributed by atoms with Crippen molar-refractivity contribution in [2.24, 2.45) is 0 Å². The van der Waals surface area contributed by atoms with Crippen LogP contribution in [0.25, 0.3) is 10.9 Å². The summed E-state index contributed by atoms with van der Waals surface area (Å²) in [5, 5.41) is 11.2. The molecular formula is C22H16N2O2. The Bertz CT molecular complexity index is 1020. The topological polar surface area (TPSA) is 53.4 Å². The molecule has 0 spiro atoms. The number of pyridine rings is 1. The van der Waals surface area contributed by atoms with Crippen LogP contribution < -0.4 is 4.90 Å². The second-order valence-corrected chi connectivity index (χ2v) is 5.84. The summed E-state index contributed by atoms with van der Waals surface area (Å²) in [7, 11) is 0. The number of anilines is 2. The number of para-hydroxylation sites is 2. The number of benzene rings is 3. The van der Waals surface area contributed by atoms with Gasteiger partial charge >= 0.3 is 0 Å². The molecule has 126 valence electrons. The molecule has 0 unspecified atom stereocenters. The zero-order valence-corrected chi connectivity index (χ0v) is 13.9.